The van der Waals surface area contributed by atoms with E-state index in [0.29, 0.717) is 50.9 Å². The van der Waals surface area contributed by atoms with Crippen LogP contribution in [0.2, 0.25) is 0 Å². The molecule has 0 atom stereocenters. The number of hydrogen-bond donors (Lipinski definition) is 12. The molecule has 24 heteroatoms. The van der Waals surface area contributed by atoms with Gasteiger partial charge in [0, 0.05) is 96.3 Å². The highest BCUT2D eigenvalue weighted by Gasteiger charge is 2.24. The third kappa shape index (κ3) is 17.6. The summed E-state index contributed by atoms with van der Waals surface area (Å²) >= 11 is 0. The maximum atomic E-state index is 11.1. The van der Waals surface area contributed by atoms with Crippen molar-refractivity contribution in [2.24, 2.45) is 0 Å². The third-order valence-corrected chi connectivity index (χ3v) is 14.8. The van der Waals surface area contributed by atoms with E-state index in [2.05, 4.69) is 58.1 Å². The lowest BCUT2D eigenvalue weighted by molar-refractivity contribution is 0.0681. The van der Waals surface area contributed by atoms with E-state index in [4.69, 9.17) is 40.1 Å². The van der Waals surface area contributed by atoms with Gasteiger partial charge in [-0.05, 0) is 169 Å². The maximum Gasteiger partial charge on any atom is 0.340 e. The van der Waals surface area contributed by atoms with Crippen molar-refractivity contribution < 1.29 is 89.3 Å². The summed E-state index contributed by atoms with van der Waals surface area (Å²) in [5, 5.41) is 99.1. The molecule has 11 rings (SSSR count). The molecule has 1 fully saturated rings. The number of hydrogen-bond acceptors (Lipinski definition) is 18. The van der Waals surface area contributed by atoms with Crippen molar-refractivity contribution in [3.8, 4) is 34.5 Å². The molecular formula is C67H74N6O18. The third-order valence-electron chi connectivity index (χ3n) is 14.8. The summed E-state index contributed by atoms with van der Waals surface area (Å²) in [4.78, 5) is 77.9. The van der Waals surface area contributed by atoms with E-state index >= 15 is 0 Å². The highest BCUT2D eigenvalue weighted by Crippen LogP contribution is 2.35. The molecule has 0 saturated carbocycles. The molecule has 3 aliphatic heterocycles. The van der Waals surface area contributed by atoms with Crippen molar-refractivity contribution >= 4 is 80.4 Å². The minimum Gasteiger partial charge on any atom is -0.507 e. The van der Waals surface area contributed by atoms with Gasteiger partial charge in [-0.1, -0.05) is 12.1 Å². The summed E-state index contributed by atoms with van der Waals surface area (Å²) in [6, 6.07) is 29.6. The van der Waals surface area contributed by atoms with Crippen LogP contribution < -0.4 is 29.9 Å². The molecular weight excluding hydrogens is 1180 g/mol. The summed E-state index contributed by atoms with van der Waals surface area (Å²) in [6.45, 7) is 11.9. The zero-order valence-electron chi connectivity index (χ0n) is 51.0. The van der Waals surface area contributed by atoms with Gasteiger partial charge < -0.3 is 81.0 Å². The molecule has 0 unspecified atom stereocenters. The number of carboxylic acid groups (broad SMARTS) is 6. The van der Waals surface area contributed by atoms with Crippen LogP contribution in [0.1, 0.15) is 133 Å². The predicted molar refractivity (Wildman–Crippen MR) is 343 cm³/mol. The van der Waals surface area contributed by atoms with Crippen LogP contribution in [0.3, 0.4) is 0 Å². The Labute approximate surface area is 523 Å². The second kappa shape index (κ2) is 32.3. The van der Waals surface area contributed by atoms with Crippen molar-refractivity contribution in [3.63, 3.8) is 0 Å². The molecule has 0 radical (unpaired) electrons. The van der Waals surface area contributed by atoms with Gasteiger partial charge in [0.25, 0.3) is 0 Å². The number of pyridine rings is 2. The van der Waals surface area contributed by atoms with Gasteiger partial charge in [0.15, 0.2) is 0 Å². The Bertz CT molecular complexity index is 3920. The Balaban J connectivity index is 0.000000174. The Morgan fingerprint density at radius 3 is 1.40 bits per heavy atom. The number of phenols is 4. The van der Waals surface area contributed by atoms with Crippen molar-refractivity contribution in [2.45, 2.75) is 84.7 Å². The van der Waals surface area contributed by atoms with Crippen LogP contribution in [0, 0.1) is 0 Å². The van der Waals surface area contributed by atoms with E-state index in [9.17, 15) is 49.2 Å². The fraction of sp³-hybridized carbons (Fsp3) is 0.284. The molecule has 5 heterocycles. The normalized spacial score (nSPS) is 12.6. The summed E-state index contributed by atoms with van der Waals surface area (Å²) < 4.78 is 10.1. The smallest absolute Gasteiger partial charge is 0.340 e. The quantitative estimate of drug-likeness (QED) is 0.0506. The number of methoxy groups -OCH3 is 2. The Kier molecular flexibility index (Phi) is 24.5. The number of anilines is 4. The van der Waals surface area contributed by atoms with E-state index < -0.39 is 35.8 Å². The second-order valence-corrected chi connectivity index (χ2v) is 21.3. The maximum absolute atomic E-state index is 11.1. The fourth-order valence-electron chi connectivity index (χ4n) is 10.7. The number of nitrogens with zero attached hydrogens (tertiary/aromatic N) is 4. The van der Waals surface area contributed by atoms with Crippen LogP contribution in [0.4, 0.5) is 22.7 Å². The van der Waals surface area contributed by atoms with Gasteiger partial charge >= 0.3 is 35.8 Å². The number of fused-ring (bicyclic) bond motifs is 4. The number of carbonyl (C=O) groups is 6. The molecule has 3 aliphatic rings. The predicted octanol–water partition coefficient (Wildman–Crippen LogP) is 11.6. The van der Waals surface area contributed by atoms with Gasteiger partial charge in [0.2, 0.25) is 0 Å². The van der Waals surface area contributed by atoms with E-state index in [1.54, 1.807) is 79.1 Å². The number of nitrogens with one attached hydrogen (secondary N) is 2. The molecule has 12 N–H and O–H groups in total. The monoisotopic (exact) mass is 1250 g/mol. The lowest BCUT2D eigenvalue weighted by Gasteiger charge is -2.33. The van der Waals surface area contributed by atoms with Crippen molar-refractivity contribution in [1.29, 1.82) is 0 Å². The first kappa shape index (κ1) is 69.1. The van der Waals surface area contributed by atoms with Crippen LogP contribution in [0.25, 0.3) is 21.8 Å². The minimum atomic E-state index is -1.15. The fourth-order valence-corrected chi connectivity index (χ4v) is 10.7. The molecule has 480 valence electrons. The van der Waals surface area contributed by atoms with E-state index in [-0.39, 0.29) is 62.9 Å². The topological polar surface area (TPSA) is 380 Å². The first-order valence-corrected chi connectivity index (χ1v) is 29.0. The molecule has 24 nitrogen and oxygen atoms in total. The highest BCUT2D eigenvalue weighted by atomic mass is 16.5. The van der Waals surface area contributed by atoms with Crippen LogP contribution in [0.5, 0.6) is 34.5 Å². The van der Waals surface area contributed by atoms with Gasteiger partial charge in [-0.25, -0.2) is 28.8 Å². The molecule has 0 amide bonds. The van der Waals surface area contributed by atoms with Crippen LogP contribution >= 0.6 is 0 Å². The van der Waals surface area contributed by atoms with E-state index in [1.165, 1.54) is 57.0 Å². The zero-order valence-corrected chi connectivity index (χ0v) is 51.0. The lowest BCUT2D eigenvalue weighted by atomic mass is 9.97. The summed E-state index contributed by atoms with van der Waals surface area (Å²) in [5.41, 5.74) is 6.53. The number of aromatic nitrogens is 2. The van der Waals surface area contributed by atoms with Crippen molar-refractivity contribution in [3.05, 3.63) is 166 Å². The van der Waals surface area contributed by atoms with Crippen LogP contribution in [-0.2, 0) is 12.8 Å². The standard InChI is InChI=1S/C13H19NO3.C12H15NO3.C11H13NO3.C11H9NO3.C10H11NO3.C10H7NO3/c1-8(2)14(9(3)4)10-5-6-11(13(16)17)12(15)7-10;14-11-8-9(4-5-10(11)12(15)16)13-6-2-1-3-7-13;2*1-15-9-5-4-8-7(3-2-6-12-8)10(9)11(13)14;2*12-8-4-3-7-6(2-1-5-11-7)9(8)10(13)14/h5-9,15H,1-4H3,(H,16,17);4-5,8,14H,1-3,6-7H2,(H,15,16);4-5,12H,2-3,6H2,1H3,(H,13,14);2-6H,1H3,(H,13,14);3-4,11-12H,1-2,5H2,(H,13,14);1-5,12H,(H,13,14). The largest absolute Gasteiger partial charge is 0.507 e. The van der Waals surface area contributed by atoms with Crippen molar-refractivity contribution in [2.75, 3.05) is 60.8 Å². The number of carboxylic acids is 6. The van der Waals surface area contributed by atoms with Crippen LogP contribution in [-0.4, -0.2) is 149 Å². The lowest BCUT2D eigenvalue weighted by Crippen LogP contribution is -2.36. The van der Waals surface area contributed by atoms with Gasteiger partial charge in [-0.3, -0.25) is 9.97 Å². The molecule has 8 aromatic rings. The highest BCUT2D eigenvalue weighted by molar-refractivity contribution is 6.06. The minimum absolute atomic E-state index is 0.0368. The van der Waals surface area contributed by atoms with Gasteiger partial charge in [0.1, 0.15) is 67.9 Å². The second-order valence-electron chi connectivity index (χ2n) is 21.3. The number of ether oxygens (including phenoxy) is 2. The molecule has 1 saturated heterocycles. The van der Waals surface area contributed by atoms with E-state index in [0.717, 1.165) is 86.6 Å². The molecule has 2 aromatic heterocycles. The average molecular weight is 1250 g/mol. The molecule has 0 bridgehead atoms. The SMILES string of the molecule is CC(C)N(c1ccc(C(=O)O)c(O)c1)C(C)C.COc1ccc2c(c1C(=O)O)CCCN2.COc1ccc2ncccc2c1C(=O)O.O=C(O)c1c(O)ccc2c1CCCN2.O=C(O)c1c(O)ccc2ncccc12.O=C(O)c1ccc(N2CCCCC2)cc1O. The molecule has 6 aromatic carbocycles. The summed E-state index contributed by atoms with van der Waals surface area (Å²) in [7, 11) is 2.94. The van der Waals surface area contributed by atoms with Gasteiger partial charge in [-0.2, -0.15) is 0 Å². The average Bonchev–Trinajstić information content (AvgIpc) is 1.08. The first-order chi connectivity index (χ1) is 43.4. The molecule has 0 aliphatic carbocycles. The number of rotatable bonds is 12. The number of aromatic carboxylic acids is 6. The Morgan fingerprint density at radius 1 is 0.473 bits per heavy atom. The van der Waals surface area contributed by atoms with Gasteiger partial charge in [-0.15, -0.1) is 0 Å². The summed E-state index contributed by atoms with van der Waals surface area (Å²) in [5.74, 6) is -6.32. The zero-order chi connectivity index (χ0) is 66.6. The summed E-state index contributed by atoms with van der Waals surface area (Å²) in [6.07, 6.45) is 10.1. The van der Waals surface area contributed by atoms with Crippen molar-refractivity contribution in [1.82, 2.24) is 9.97 Å². The van der Waals surface area contributed by atoms with Gasteiger partial charge in [0.05, 0.1) is 25.3 Å². The number of piperidine rings is 1. The molecule has 91 heavy (non-hydrogen) atoms. The Hall–Kier alpha value is -11.0. The Morgan fingerprint density at radius 2 is 0.912 bits per heavy atom. The van der Waals surface area contributed by atoms with Crippen LogP contribution in [0.15, 0.2) is 122 Å². The first-order valence-electron chi connectivity index (χ1n) is 29.0. The van der Waals surface area contributed by atoms with E-state index in [1.807, 2.05) is 6.07 Å². The number of benzene rings is 6. The molecule has 0 spiro atoms. The number of aromatic hydroxyl groups is 4.